The molecule has 0 saturated carbocycles. The van der Waals surface area contributed by atoms with Crippen LogP contribution >= 0.6 is 10.7 Å². The van der Waals surface area contributed by atoms with Crippen LogP contribution in [0.2, 0.25) is 0 Å². The molecule has 0 unspecified atom stereocenters. The molecule has 0 fully saturated rings. The summed E-state index contributed by atoms with van der Waals surface area (Å²) in [6.45, 7) is 0. The van der Waals surface area contributed by atoms with Crippen molar-refractivity contribution in [2.75, 3.05) is 0 Å². The van der Waals surface area contributed by atoms with Crippen LogP contribution < -0.4 is 0 Å². The molecule has 3 aromatic heterocycles. The first-order valence-electron chi connectivity index (χ1n) is 4.85. The molecular weight excluding hydrogens is 278 g/mol. The van der Waals surface area contributed by atoms with Crippen LogP contribution in [0, 0.1) is 0 Å². The lowest BCUT2D eigenvalue weighted by Crippen LogP contribution is -1.92. The van der Waals surface area contributed by atoms with Gasteiger partial charge in [0.2, 0.25) is 0 Å². The normalized spacial score (nSPS) is 12.1. The van der Waals surface area contributed by atoms with Gasteiger partial charge in [-0.25, -0.2) is 18.0 Å². The highest BCUT2D eigenvalue weighted by molar-refractivity contribution is 8.13. The number of hydrogen-bond donors (Lipinski definition) is 1. The van der Waals surface area contributed by atoms with E-state index in [1.54, 1.807) is 16.9 Å². The Bertz CT molecular complexity index is 822. The zero-order chi connectivity index (χ0) is 12.8. The third kappa shape index (κ3) is 1.75. The molecular formula is C9H6ClN5O2S. The molecule has 0 aliphatic heterocycles. The fourth-order valence-electron chi connectivity index (χ4n) is 1.58. The second-order valence-electron chi connectivity index (χ2n) is 3.49. The summed E-state index contributed by atoms with van der Waals surface area (Å²) in [5.74, 6) is 0.232. The van der Waals surface area contributed by atoms with Crippen LogP contribution in [-0.2, 0) is 9.05 Å². The summed E-state index contributed by atoms with van der Waals surface area (Å²) in [5.41, 5.74) is 1.40. The molecule has 3 rings (SSSR count). The van der Waals surface area contributed by atoms with Gasteiger partial charge in [-0.05, 0) is 12.1 Å². The maximum atomic E-state index is 11.1. The Hall–Kier alpha value is -1.93. The number of nitrogens with zero attached hydrogens (tertiary/aromatic N) is 4. The SMILES string of the molecule is O=S(=O)(Cl)c1nc(-c2cnn3ccccc23)n[nH]1. The number of aromatic amines is 1. The smallest absolute Gasteiger partial charge is 0.248 e. The summed E-state index contributed by atoms with van der Waals surface area (Å²) in [4.78, 5) is 3.83. The van der Waals surface area contributed by atoms with Crippen LogP contribution in [0.25, 0.3) is 16.9 Å². The highest BCUT2D eigenvalue weighted by Gasteiger charge is 2.18. The Morgan fingerprint density at radius 1 is 1.33 bits per heavy atom. The van der Waals surface area contributed by atoms with Gasteiger partial charge in [0.1, 0.15) is 0 Å². The molecule has 3 heterocycles. The van der Waals surface area contributed by atoms with Crippen LogP contribution in [0.1, 0.15) is 0 Å². The molecule has 9 heteroatoms. The van der Waals surface area contributed by atoms with Crippen molar-refractivity contribution in [2.45, 2.75) is 5.16 Å². The zero-order valence-electron chi connectivity index (χ0n) is 8.78. The van der Waals surface area contributed by atoms with Crippen molar-refractivity contribution in [3.8, 4) is 11.4 Å². The summed E-state index contributed by atoms with van der Waals surface area (Å²) < 4.78 is 23.8. The summed E-state index contributed by atoms with van der Waals surface area (Å²) in [7, 11) is 1.26. The maximum Gasteiger partial charge on any atom is 0.296 e. The van der Waals surface area contributed by atoms with E-state index >= 15 is 0 Å². The molecule has 0 aromatic carbocycles. The van der Waals surface area contributed by atoms with Crippen molar-refractivity contribution in [3.63, 3.8) is 0 Å². The van der Waals surface area contributed by atoms with Gasteiger partial charge < -0.3 is 0 Å². The molecule has 0 aliphatic carbocycles. The Morgan fingerprint density at radius 2 is 2.17 bits per heavy atom. The van der Waals surface area contributed by atoms with Crippen molar-refractivity contribution in [3.05, 3.63) is 30.6 Å². The lowest BCUT2D eigenvalue weighted by atomic mass is 10.2. The van der Waals surface area contributed by atoms with Crippen LogP contribution in [0.5, 0.6) is 0 Å². The molecule has 0 atom stereocenters. The van der Waals surface area contributed by atoms with Crippen LogP contribution in [0.4, 0.5) is 0 Å². The van der Waals surface area contributed by atoms with Crippen molar-refractivity contribution >= 4 is 25.2 Å². The minimum absolute atomic E-state index is 0.232. The molecule has 0 amide bonds. The highest BCUT2D eigenvalue weighted by atomic mass is 35.7. The minimum Gasteiger partial charge on any atom is -0.248 e. The number of fused-ring (bicyclic) bond motifs is 1. The molecule has 92 valence electrons. The van der Waals surface area contributed by atoms with E-state index in [4.69, 9.17) is 10.7 Å². The molecule has 0 radical (unpaired) electrons. The molecule has 18 heavy (non-hydrogen) atoms. The fraction of sp³-hybridized carbons (Fsp3) is 0. The molecule has 0 saturated heterocycles. The van der Waals surface area contributed by atoms with Gasteiger partial charge in [-0.2, -0.15) is 15.2 Å². The molecule has 1 N–H and O–H groups in total. The average molecular weight is 284 g/mol. The third-order valence-corrected chi connectivity index (χ3v) is 3.45. The van der Waals surface area contributed by atoms with E-state index in [1.807, 2.05) is 18.2 Å². The van der Waals surface area contributed by atoms with E-state index in [0.717, 1.165) is 5.52 Å². The number of halogens is 1. The highest BCUT2D eigenvalue weighted by Crippen LogP contribution is 2.22. The van der Waals surface area contributed by atoms with E-state index in [9.17, 15) is 8.42 Å². The first kappa shape index (κ1) is 11.2. The van der Waals surface area contributed by atoms with Gasteiger partial charge >= 0.3 is 0 Å². The Morgan fingerprint density at radius 3 is 2.89 bits per heavy atom. The monoisotopic (exact) mass is 283 g/mol. The number of H-pyrrole nitrogens is 1. The molecule has 0 spiro atoms. The zero-order valence-corrected chi connectivity index (χ0v) is 10.4. The summed E-state index contributed by atoms with van der Waals surface area (Å²) >= 11 is 0. The van der Waals surface area contributed by atoms with Crippen LogP contribution in [0.15, 0.2) is 35.7 Å². The van der Waals surface area contributed by atoms with E-state index in [1.165, 1.54) is 0 Å². The van der Waals surface area contributed by atoms with Gasteiger partial charge in [-0.15, -0.1) is 0 Å². The van der Waals surface area contributed by atoms with E-state index < -0.39 is 9.05 Å². The first-order chi connectivity index (χ1) is 8.55. The van der Waals surface area contributed by atoms with Crippen molar-refractivity contribution in [1.82, 2.24) is 24.8 Å². The predicted octanol–water partition coefficient (Wildman–Crippen LogP) is 1.05. The van der Waals surface area contributed by atoms with E-state index in [-0.39, 0.29) is 11.0 Å². The molecule has 7 nitrogen and oxygen atoms in total. The molecule has 0 aliphatic rings. The predicted molar refractivity (Wildman–Crippen MR) is 63.6 cm³/mol. The Kier molecular flexibility index (Phi) is 2.35. The second kappa shape index (κ2) is 3.79. The van der Waals surface area contributed by atoms with Gasteiger partial charge in [0.05, 0.1) is 17.3 Å². The van der Waals surface area contributed by atoms with Gasteiger partial charge in [0, 0.05) is 16.9 Å². The number of rotatable bonds is 2. The van der Waals surface area contributed by atoms with E-state index in [2.05, 4.69) is 20.3 Å². The summed E-state index contributed by atoms with van der Waals surface area (Å²) in [6.07, 6.45) is 3.33. The number of aromatic nitrogens is 5. The largest absolute Gasteiger partial charge is 0.296 e. The average Bonchev–Trinajstić information content (AvgIpc) is 2.94. The second-order valence-corrected chi connectivity index (χ2v) is 5.97. The Balaban J connectivity index is 2.18. The van der Waals surface area contributed by atoms with Gasteiger partial charge in [0.15, 0.2) is 5.82 Å². The first-order valence-corrected chi connectivity index (χ1v) is 7.16. The van der Waals surface area contributed by atoms with Crippen molar-refractivity contribution < 1.29 is 8.42 Å². The standard InChI is InChI=1S/C9H6ClN5O2S/c10-18(16,17)9-12-8(13-14-9)6-5-11-15-4-2-1-3-7(6)15/h1-5H,(H,12,13,14). The minimum atomic E-state index is -3.91. The summed E-state index contributed by atoms with van der Waals surface area (Å²) in [5, 5.41) is 9.83. The number of nitrogens with one attached hydrogen (secondary N) is 1. The topological polar surface area (TPSA) is 93.0 Å². The number of hydrogen-bond acceptors (Lipinski definition) is 5. The van der Waals surface area contributed by atoms with Crippen molar-refractivity contribution in [1.29, 1.82) is 0 Å². The van der Waals surface area contributed by atoms with Gasteiger partial charge in [0.25, 0.3) is 14.2 Å². The molecule has 0 bridgehead atoms. The van der Waals surface area contributed by atoms with E-state index in [0.29, 0.717) is 5.56 Å². The van der Waals surface area contributed by atoms with Crippen molar-refractivity contribution in [2.24, 2.45) is 0 Å². The lowest BCUT2D eigenvalue weighted by Gasteiger charge is -1.92. The van der Waals surface area contributed by atoms with Crippen LogP contribution in [-0.4, -0.2) is 33.2 Å². The molecule has 3 aromatic rings. The quantitative estimate of drug-likeness (QED) is 0.710. The fourth-order valence-corrected chi connectivity index (χ4v) is 2.14. The lowest BCUT2D eigenvalue weighted by molar-refractivity contribution is 0.602. The summed E-state index contributed by atoms with van der Waals surface area (Å²) in [6, 6.07) is 5.50. The van der Waals surface area contributed by atoms with Gasteiger partial charge in [-0.3, -0.25) is 0 Å². The van der Waals surface area contributed by atoms with Gasteiger partial charge in [-0.1, -0.05) is 6.07 Å². The van der Waals surface area contributed by atoms with Crippen LogP contribution in [0.3, 0.4) is 0 Å². The Labute approximate surface area is 106 Å². The number of pyridine rings is 1. The third-order valence-electron chi connectivity index (χ3n) is 2.36. The maximum absolute atomic E-state index is 11.1.